The number of benzene rings is 3. The van der Waals surface area contributed by atoms with Crippen molar-refractivity contribution < 1.29 is 39.6 Å². The minimum Gasteiger partial charge on any atom is -0.344 e. The van der Waals surface area contributed by atoms with E-state index in [4.69, 9.17) is 16.6 Å². The van der Waals surface area contributed by atoms with Gasteiger partial charge in [0.1, 0.15) is 41.2 Å². The Morgan fingerprint density at radius 3 is 2.44 bits per heavy atom. The van der Waals surface area contributed by atoms with Crippen molar-refractivity contribution in [2.24, 2.45) is 13.0 Å². The van der Waals surface area contributed by atoms with Gasteiger partial charge >= 0.3 is 0 Å². The van der Waals surface area contributed by atoms with Crippen molar-refractivity contribution in [2.45, 2.75) is 64.0 Å². The molecule has 0 bridgehead atoms. The van der Waals surface area contributed by atoms with E-state index in [0.717, 1.165) is 28.6 Å². The molecule has 1 saturated carbocycles. The number of fused-ring (bicyclic) bond motifs is 5. The summed E-state index contributed by atoms with van der Waals surface area (Å²) < 4.78 is 119. The lowest BCUT2D eigenvalue weighted by Crippen LogP contribution is -2.38. The highest BCUT2D eigenvalue weighted by atomic mass is 35.5. The number of alkyl halides is 4. The molecule has 0 spiro atoms. The van der Waals surface area contributed by atoms with Crippen LogP contribution in [0.3, 0.4) is 0 Å². The van der Waals surface area contributed by atoms with Crippen LogP contribution in [0.4, 0.5) is 32.2 Å². The minimum absolute atomic E-state index is 0.00616. The Balaban J connectivity index is 1.27. The Morgan fingerprint density at radius 1 is 1.02 bits per heavy atom. The van der Waals surface area contributed by atoms with Crippen LogP contribution in [0.15, 0.2) is 59.4 Å². The summed E-state index contributed by atoms with van der Waals surface area (Å²) in [7, 11) is -2.46. The van der Waals surface area contributed by atoms with Crippen LogP contribution in [0.1, 0.15) is 71.6 Å². The fourth-order valence-corrected chi connectivity index (χ4v) is 9.43. The fraction of sp³-hybridized carbons (Fsp3) is 0.310. The number of hydrogen-bond donors (Lipinski definition) is 2. The van der Waals surface area contributed by atoms with Gasteiger partial charge in [0.15, 0.2) is 5.82 Å². The summed E-state index contributed by atoms with van der Waals surface area (Å²) in [5.74, 6) is -8.56. The van der Waals surface area contributed by atoms with Crippen LogP contribution in [0.25, 0.3) is 38.8 Å². The van der Waals surface area contributed by atoms with Crippen LogP contribution in [0.2, 0.25) is 5.02 Å². The van der Waals surface area contributed by atoms with Gasteiger partial charge in [-0.05, 0) is 73.7 Å². The number of amides is 1. The smallest absolute Gasteiger partial charge is 0.293 e. The van der Waals surface area contributed by atoms with E-state index in [1.807, 2.05) is 6.92 Å². The molecular weight excluding hydrogens is 890 g/mol. The first kappa shape index (κ1) is 42.9. The summed E-state index contributed by atoms with van der Waals surface area (Å²) in [6.45, 7) is 2.65. The zero-order valence-electron chi connectivity index (χ0n) is 34.1. The van der Waals surface area contributed by atoms with Crippen molar-refractivity contribution in [3.63, 3.8) is 0 Å². The van der Waals surface area contributed by atoms with Gasteiger partial charge in [0.05, 0.1) is 50.5 Å². The number of nitrogens with one attached hydrogen (secondary N) is 2. The molecule has 1 amide bonds. The summed E-state index contributed by atoms with van der Waals surface area (Å²) in [5.41, 5.74) is -0.734. The van der Waals surface area contributed by atoms with Crippen LogP contribution in [0, 0.1) is 24.5 Å². The van der Waals surface area contributed by atoms with Gasteiger partial charge in [-0.1, -0.05) is 24.6 Å². The number of sulfonamides is 1. The van der Waals surface area contributed by atoms with Crippen molar-refractivity contribution in [1.29, 1.82) is 0 Å². The molecule has 0 unspecified atom stereocenters. The third kappa shape index (κ3) is 7.52. The van der Waals surface area contributed by atoms with E-state index in [1.54, 1.807) is 25.1 Å². The molecule has 9 rings (SSSR count). The Labute approximate surface area is 364 Å². The molecule has 2 aliphatic rings. The van der Waals surface area contributed by atoms with Crippen LogP contribution >= 0.6 is 11.6 Å². The van der Waals surface area contributed by atoms with Crippen LogP contribution in [-0.2, 0) is 47.2 Å². The lowest BCUT2D eigenvalue weighted by atomic mass is 10.0. The molecule has 1 fully saturated rings. The highest BCUT2D eigenvalue weighted by Gasteiger charge is 2.67. The largest absolute Gasteiger partial charge is 0.344 e. The second kappa shape index (κ2) is 15.4. The summed E-state index contributed by atoms with van der Waals surface area (Å²) in [4.78, 5) is 43.2. The van der Waals surface area contributed by atoms with Crippen LogP contribution < -0.4 is 15.6 Å². The highest BCUT2D eigenvalue weighted by molar-refractivity contribution is 7.92. The molecule has 7 aromatic rings. The van der Waals surface area contributed by atoms with Crippen LogP contribution in [0.5, 0.6) is 0 Å². The second-order valence-corrected chi connectivity index (χ2v) is 18.1. The first-order valence-electron chi connectivity index (χ1n) is 19.8. The third-order valence-corrected chi connectivity index (χ3v) is 12.2. The zero-order chi connectivity index (χ0) is 45.7. The molecule has 0 radical (unpaired) electrons. The molecule has 332 valence electrons. The first-order valence-corrected chi connectivity index (χ1v) is 22.1. The van der Waals surface area contributed by atoms with Crippen molar-refractivity contribution in [3.8, 4) is 16.9 Å². The number of carbonyl (C=O) groups is 1. The molecule has 4 aromatic heterocycles. The first-order chi connectivity index (χ1) is 30.2. The predicted molar refractivity (Wildman–Crippen MR) is 223 cm³/mol. The number of carbonyl (C=O) groups excluding carboxylic acids is 1. The molecule has 3 atom stereocenters. The Morgan fingerprint density at radius 2 is 1.75 bits per heavy atom. The molecule has 14 nitrogen and oxygen atoms in total. The van der Waals surface area contributed by atoms with E-state index in [-0.39, 0.29) is 61.7 Å². The molecule has 2 N–H and O–H groups in total. The maximum Gasteiger partial charge on any atom is 0.293 e. The minimum atomic E-state index is -3.92. The second-order valence-electron chi connectivity index (χ2n) is 15.9. The fourth-order valence-electron chi connectivity index (χ4n) is 8.70. The SMILES string of the molecule is CCc1cc(-c2ccc3c(=O)n(-c4ccc(Cl)c5c(NS(C)(=O)=O)nn(C)c45)c([C@H](Cc4cc(F)cc(F)c4)NC(=O)Cn4nc(C(F)F)c5c4C(F)(F)[C@@H]4C[C@H]54)nc3c2)nc(C)n1. The maximum absolute atomic E-state index is 15.6. The van der Waals surface area contributed by atoms with E-state index >= 15 is 13.6 Å². The van der Waals surface area contributed by atoms with Gasteiger partial charge in [-0.3, -0.25) is 28.2 Å². The molecule has 0 aliphatic heterocycles. The van der Waals surface area contributed by atoms with E-state index in [9.17, 15) is 30.8 Å². The predicted octanol–water partition coefficient (Wildman–Crippen LogP) is 7.35. The number of aromatic nitrogens is 8. The van der Waals surface area contributed by atoms with Gasteiger partial charge < -0.3 is 5.32 Å². The third-order valence-electron chi connectivity index (χ3n) is 11.4. The summed E-state index contributed by atoms with van der Waals surface area (Å²) in [5, 5.41) is 10.9. The molecule has 2 aliphatic carbocycles. The average molecular weight is 925 g/mol. The molecule has 3 aromatic carbocycles. The Bertz CT molecular complexity index is 3260. The van der Waals surface area contributed by atoms with Crippen LogP contribution in [-0.4, -0.2) is 59.7 Å². The number of nitrogens with zero attached hydrogens (tertiary/aromatic N) is 8. The summed E-state index contributed by atoms with van der Waals surface area (Å²) in [6, 6.07) is 10.4. The van der Waals surface area contributed by atoms with Gasteiger partial charge in [0, 0.05) is 42.3 Å². The normalized spacial score (nSPS) is 16.9. The number of halogens is 7. The molecule has 22 heteroatoms. The highest BCUT2D eigenvalue weighted by Crippen LogP contribution is 2.68. The number of rotatable bonds is 12. The van der Waals surface area contributed by atoms with Crippen molar-refractivity contribution in [2.75, 3.05) is 11.0 Å². The van der Waals surface area contributed by atoms with Gasteiger partial charge in [-0.2, -0.15) is 19.0 Å². The quantitative estimate of drug-likeness (QED) is 0.119. The zero-order valence-corrected chi connectivity index (χ0v) is 35.7. The number of anilines is 1. The molecule has 0 saturated heterocycles. The lowest BCUT2D eigenvalue weighted by molar-refractivity contribution is -0.123. The standard InChI is InChI=1S/C42H35ClF6N10O4S/c1-5-23-15-28(51-18(2)50-23)20-6-7-24-29(13-20)53-40(59(41(24)61)31-9-8-27(43)34-36(31)57(3)55-39(34)56-64(4,62)63)30(12-19-10-21(44)14-22(45)11-19)52-32(60)17-58-37-33(35(54-58)38(46)47)25-16-26(25)42(37,48)49/h6-11,13-15,25-26,30,38H,5,12,16-17H2,1-4H3,(H,52,60)(H,55,56)/t25-,26+,30-/m0/s1. The molecular formula is C42H35ClF6N10O4S. The van der Waals surface area contributed by atoms with Crippen molar-refractivity contribution >= 4 is 55.2 Å². The van der Waals surface area contributed by atoms with Crippen molar-refractivity contribution in [1.82, 2.24) is 44.4 Å². The maximum atomic E-state index is 15.6. The topological polar surface area (TPSA) is 172 Å². The average Bonchev–Trinajstić information content (AvgIpc) is 3.75. The molecule has 4 heterocycles. The van der Waals surface area contributed by atoms with Gasteiger partial charge in [0.2, 0.25) is 15.9 Å². The van der Waals surface area contributed by atoms with E-state index in [0.29, 0.717) is 34.3 Å². The van der Waals surface area contributed by atoms with E-state index in [2.05, 4.69) is 30.2 Å². The Hall–Kier alpha value is -6.35. The molecule has 64 heavy (non-hydrogen) atoms. The van der Waals surface area contributed by atoms with Crippen molar-refractivity contribution in [3.05, 3.63) is 121 Å². The van der Waals surface area contributed by atoms with E-state index < -0.39 is 87.7 Å². The number of hydrogen-bond acceptors (Lipinski definition) is 9. The summed E-state index contributed by atoms with van der Waals surface area (Å²) >= 11 is 6.65. The van der Waals surface area contributed by atoms with Gasteiger partial charge in [-0.25, -0.2) is 40.9 Å². The Kier molecular flexibility index (Phi) is 10.3. The van der Waals surface area contributed by atoms with E-state index in [1.165, 1.54) is 29.9 Å². The van der Waals surface area contributed by atoms with Gasteiger partial charge in [0.25, 0.3) is 17.9 Å². The number of aryl methyl sites for hydroxylation is 3. The monoisotopic (exact) mass is 924 g/mol. The summed E-state index contributed by atoms with van der Waals surface area (Å²) in [6.07, 6.45) is -2.19. The van der Waals surface area contributed by atoms with Gasteiger partial charge in [-0.15, -0.1) is 0 Å². The lowest BCUT2D eigenvalue weighted by Gasteiger charge is -2.24.